The number of fused-ring (bicyclic) bond motifs is 5. The van der Waals surface area contributed by atoms with E-state index in [4.69, 9.17) is 57.2 Å². The van der Waals surface area contributed by atoms with E-state index >= 15 is 0 Å². The molecule has 15 rings (SSSR count). The van der Waals surface area contributed by atoms with Gasteiger partial charge in [0, 0.05) is 49.5 Å². The first-order valence-corrected chi connectivity index (χ1v) is 30.8. The molecule has 3 aliphatic heterocycles. The average molecular weight is 1270 g/mol. The number of aromatic nitrogens is 2. The van der Waals surface area contributed by atoms with E-state index in [0.29, 0.717) is 82.3 Å². The number of ether oxygens (including phenoxy) is 7. The van der Waals surface area contributed by atoms with Crippen LogP contribution in [0, 0.1) is 26.2 Å². The molecular formula is C68H63N5O14S3. The van der Waals surface area contributed by atoms with Gasteiger partial charge in [-0.25, -0.2) is 20.0 Å². The molecule has 462 valence electrons. The van der Waals surface area contributed by atoms with E-state index in [-0.39, 0.29) is 42.2 Å². The zero-order valence-electron chi connectivity index (χ0n) is 50.4. The summed E-state index contributed by atoms with van der Waals surface area (Å²) < 4.78 is 63.3. The van der Waals surface area contributed by atoms with Gasteiger partial charge in [-0.1, -0.05) is 36.3 Å². The number of phenols is 2. The third kappa shape index (κ3) is 14.7. The van der Waals surface area contributed by atoms with Gasteiger partial charge in [0.05, 0.1) is 69.1 Å². The third-order valence-corrected chi connectivity index (χ3v) is 16.9. The summed E-state index contributed by atoms with van der Waals surface area (Å²) in [5.74, 6) is 10.3. The predicted molar refractivity (Wildman–Crippen MR) is 350 cm³/mol. The van der Waals surface area contributed by atoms with Crippen LogP contribution in [0.3, 0.4) is 0 Å². The van der Waals surface area contributed by atoms with Crippen LogP contribution >= 0.6 is 34.0 Å². The minimum absolute atomic E-state index is 0.170. The molecule has 1 fully saturated rings. The monoisotopic (exact) mass is 1270 g/mol. The summed E-state index contributed by atoms with van der Waals surface area (Å²) in [6, 6.07) is 37.6. The van der Waals surface area contributed by atoms with Gasteiger partial charge in [-0.3, -0.25) is 4.79 Å². The van der Waals surface area contributed by atoms with Crippen molar-refractivity contribution in [1.82, 2.24) is 15.3 Å². The molecule has 12 aromatic rings. The molecule has 19 nitrogen and oxygen atoms in total. The SMILES string of the molecule is C#CCNC(=O)c1cc2c(OCOC)cccc2s1.CC1(C)COC(c2cc3c(O)cccc3o2)=N1.COc1cccc2oc(C3=NC(C)(C)CO3)cc12.Cc1cnc(-c2cc3c(O)cccc3s2)o1.Cc1cnc(-c2cc3c(OC[C@@H]4CO4)cccc3s2)o1. The molecule has 3 aliphatic rings. The number of aryl methyl sites for hydroxylation is 2. The molecule has 0 bridgehead atoms. The number of carbonyl (C=O) groups is 1. The Bertz CT molecular complexity index is 4620. The Labute approximate surface area is 529 Å². The summed E-state index contributed by atoms with van der Waals surface area (Å²) in [4.78, 5) is 31.8. The molecule has 0 saturated carbocycles. The second kappa shape index (κ2) is 27.0. The van der Waals surface area contributed by atoms with Crippen LogP contribution in [-0.2, 0) is 18.9 Å². The summed E-state index contributed by atoms with van der Waals surface area (Å²) in [6.45, 7) is 14.8. The number of phenolic OH excluding ortho intramolecular Hbond substituents is 2. The lowest BCUT2D eigenvalue weighted by Gasteiger charge is -2.07. The number of aliphatic imine (C=N–C) groups is 2. The number of terminal acetylenes is 1. The maximum Gasteiger partial charge on any atom is 0.262 e. The minimum atomic E-state index is -0.212. The van der Waals surface area contributed by atoms with Gasteiger partial charge in [0.2, 0.25) is 11.8 Å². The Hall–Kier alpha value is -9.63. The van der Waals surface area contributed by atoms with Crippen LogP contribution in [0.5, 0.6) is 28.7 Å². The topological polar surface area (TPSA) is 241 Å². The maximum absolute atomic E-state index is 11.8. The molecule has 0 unspecified atom stereocenters. The number of rotatable bonds is 13. The van der Waals surface area contributed by atoms with Crippen molar-refractivity contribution >= 4 is 104 Å². The third-order valence-electron chi connectivity index (χ3n) is 13.6. The van der Waals surface area contributed by atoms with E-state index in [1.165, 1.54) is 16.0 Å². The Morgan fingerprint density at radius 2 is 1.13 bits per heavy atom. The molecule has 22 heteroatoms. The number of amides is 1. The molecule has 3 N–H and O–H groups in total. The molecule has 90 heavy (non-hydrogen) atoms. The average Bonchev–Trinajstić information content (AvgIpc) is 2.40. The van der Waals surface area contributed by atoms with Crippen molar-refractivity contribution in [3.05, 3.63) is 162 Å². The molecule has 1 amide bonds. The highest BCUT2D eigenvalue weighted by molar-refractivity contribution is 7.22. The summed E-state index contributed by atoms with van der Waals surface area (Å²) in [5.41, 5.74) is 1.02. The van der Waals surface area contributed by atoms with Crippen LogP contribution in [-0.4, -0.2) is 109 Å². The summed E-state index contributed by atoms with van der Waals surface area (Å²) in [5, 5.41) is 26.5. The highest BCUT2D eigenvalue weighted by Gasteiger charge is 2.31. The first kappa shape index (κ1) is 62.0. The minimum Gasteiger partial charge on any atom is -0.507 e. The standard InChI is InChI=1S/C15H13NO3S.C14H13NO3S.C14H15NO3.C13H13NO3.C12H9NO2S/c1-9-6-16-15(19-9)14-5-11-12(18-8-10-7-17-10)3-2-4-13(11)20-14;1-3-7-15-14(16)13-8-10-11(18-9-17-2)5-4-6-12(10)19-13;1-14(2)8-17-13(15-14)12-7-9-10(16-3)5-4-6-11(9)18-12;1-13(2)7-16-12(14-13)11-6-8-9(15)4-3-5-10(8)17-11;1-7-6-13-12(15-7)11-5-8-9(14)3-2-4-10(8)16-11/h2-6,10H,7-8H2,1H3;1,4-6,8H,7,9H2,2H3,(H,15,16);4-7H,8H2,1-3H3;3-6,15H,7H2,1-2H3;2-6,14H,1H3/t10-;;;;/m0..../s1. The van der Waals surface area contributed by atoms with Crippen molar-refractivity contribution in [1.29, 1.82) is 0 Å². The van der Waals surface area contributed by atoms with Crippen LogP contribution in [0.2, 0.25) is 0 Å². The lowest BCUT2D eigenvalue weighted by Crippen LogP contribution is -2.22. The van der Waals surface area contributed by atoms with Gasteiger partial charge in [0.25, 0.3) is 17.7 Å². The highest BCUT2D eigenvalue weighted by Crippen LogP contribution is 2.40. The second-order valence-electron chi connectivity index (χ2n) is 21.9. The lowest BCUT2D eigenvalue weighted by atomic mass is 10.1. The number of aromatic hydroxyl groups is 2. The number of thiophene rings is 3. The highest BCUT2D eigenvalue weighted by atomic mass is 32.1. The quantitative estimate of drug-likeness (QED) is 0.0552. The number of nitrogens with one attached hydrogen (secondary N) is 1. The predicted octanol–water partition coefficient (Wildman–Crippen LogP) is 15.2. The number of methoxy groups -OCH3 is 2. The van der Waals surface area contributed by atoms with Gasteiger partial charge in [0.15, 0.2) is 18.3 Å². The van der Waals surface area contributed by atoms with Crippen LogP contribution in [0.1, 0.15) is 60.4 Å². The second-order valence-corrected chi connectivity index (χ2v) is 25.2. The Morgan fingerprint density at radius 1 is 0.633 bits per heavy atom. The van der Waals surface area contributed by atoms with Crippen molar-refractivity contribution in [3.8, 4) is 62.6 Å². The normalized spacial score (nSPS) is 14.9. The molecule has 1 saturated heterocycles. The van der Waals surface area contributed by atoms with Crippen LogP contribution < -0.4 is 19.5 Å². The van der Waals surface area contributed by atoms with E-state index < -0.39 is 0 Å². The number of epoxide rings is 1. The smallest absolute Gasteiger partial charge is 0.262 e. The van der Waals surface area contributed by atoms with E-state index in [1.54, 1.807) is 85.7 Å². The van der Waals surface area contributed by atoms with Crippen LogP contribution in [0.4, 0.5) is 0 Å². The fourth-order valence-corrected chi connectivity index (χ4v) is 12.2. The van der Waals surface area contributed by atoms with E-state index in [9.17, 15) is 15.0 Å². The zero-order valence-corrected chi connectivity index (χ0v) is 52.9. The molecule has 1 atom stereocenters. The summed E-state index contributed by atoms with van der Waals surface area (Å²) in [6.07, 6.45) is 8.81. The fourth-order valence-electron chi connectivity index (χ4n) is 9.20. The van der Waals surface area contributed by atoms with Crippen molar-refractivity contribution < 1.29 is 65.8 Å². The summed E-state index contributed by atoms with van der Waals surface area (Å²) in [7, 11) is 3.21. The molecule has 7 aromatic heterocycles. The largest absolute Gasteiger partial charge is 0.507 e. The number of hydrogen-bond acceptors (Lipinski definition) is 21. The van der Waals surface area contributed by atoms with Crippen molar-refractivity contribution in [3.63, 3.8) is 0 Å². The molecule has 0 aliphatic carbocycles. The molecule has 0 radical (unpaired) electrons. The number of hydrogen-bond donors (Lipinski definition) is 3. The van der Waals surface area contributed by atoms with Gasteiger partial charge in [-0.05, 0) is 120 Å². The van der Waals surface area contributed by atoms with E-state index in [1.807, 2.05) is 114 Å². The van der Waals surface area contributed by atoms with Gasteiger partial charge < -0.3 is 66.4 Å². The number of carbonyl (C=O) groups excluding carboxylic acids is 1. The number of nitrogens with zero attached hydrogens (tertiary/aromatic N) is 4. The molecule has 10 heterocycles. The van der Waals surface area contributed by atoms with E-state index in [2.05, 4.69) is 43.3 Å². The van der Waals surface area contributed by atoms with Crippen molar-refractivity contribution in [2.45, 2.75) is 58.7 Å². The number of furan rings is 2. The molecule has 0 spiro atoms. The maximum atomic E-state index is 11.8. The van der Waals surface area contributed by atoms with Crippen molar-refractivity contribution in [2.24, 2.45) is 9.98 Å². The number of oxazole rings is 2. The summed E-state index contributed by atoms with van der Waals surface area (Å²) >= 11 is 4.62. The van der Waals surface area contributed by atoms with Crippen LogP contribution in [0.15, 0.2) is 161 Å². The molecular weight excluding hydrogens is 1210 g/mol. The first-order chi connectivity index (χ1) is 43.4. The lowest BCUT2D eigenvalue weighted by molar-refractivity contribution is 0.0522. The van der Waals surface area contributed by atoms with Gasteiger partial charge in [-0.15, -0.1) is 40.4 Å². The number of benzene rings is 5. The Balaban J connectivity index is 0.000000116. The van der Waals surface area contributed by atoms with Gasteiger partial charge in [0.1, 0.15) is 77.4 Å². The van der Waals surface area contributed by atoms with Crippen molar-refractivity contribution in [2.75, 3.05) is 54.0 Å². The fraction of sp³-hybridized carbons (Fsp3) is 0.250. The van der Waals surface area contributed by atoms with Crippen LogP contribution in [0.25, 0.3) is 73.7 Å². The van der Waals surface area contributed by atoms with E-state index in [0.717, 1.165) is 75.9 Å². The Morgan fingerprint density at radius 3 is 1.66 bits per heavy atom. The zero-order chi connectivity index (χ0) is 63.1. The van der Waals surface area contributed by atoms with Gasteiger partial charge in [-0.2, -0.15) is 0 Å². The Kier molecular flexibility index (Phi) is 18.6. The first-order valence-electron chi connectivity index (χ1n) is 28.4. The molecule has 5 aromatic carbocycles. The van der Waals surface area contributed by atoms with Gasteiger partial charge >= 0.3 is 0 Å².